The van der Waals surface area contributed by atoms with Crippen LogP contribution in [-0.2, 0) is 110 Å². The van der Waals surface area contributed by atoms with Crippen molar-refractivity contribution >= 4 is 149 Å². The van der Waals surface area contributed by atoms with Gasteiger partial charge in [0.25, 0.3) is 16.7 Å². The van der Waals surface area contributed by atoms with Crippen LogP contribution in [0.5, 0.6) is 0 Å². The van der Waals surface area contributed by atoms with E-state index in [-0.39, 0.29) is 92.3 Å². The minimum absolute atomic E-state index is 0.0164. The van der Waals surface area contributed by atoms with Crippen LogP contribution < -0.4 is 51.1 Å². The monoisotopic (exact) mass is 1990 g/mol. The molecule has 12 bridgehead atoms. The molecular formula is C63H74FN27O36P6. The predicted octanol–water partition coefficient (Wildman–Crippen LogP) is -2.17. The summed E-state index contributed by atoms with van der Waals surface area (Å²) in [5, 5.41) is 33.1. The van der Waals surface area contributed by atoms with Gasteiger partial charge in [0.05, 0.1) is 107 Å². The molecule has 21 rings (SSSR count). The van der Waals surface area contributed by atoms with Crippen LogP contribution >= 0.6 is 46.9 Å². The van der Waals surface area contributed by atoms with Crippen LogP contribution in [0.1, 0.15) is 50.2 Å². The van der Waals surface area contributed by atoms with Crippen LogP contribution in [0.2, 0.25) is 0 Å². The molecule has 9 saturated heterocycles. The van der Waals surface area contributed by atoms with E-state index >= 15 is 4.39 Å². The molecule has 12 aromatic heterocycles. The van der Waals surface area contributed by atoms with E-state index in [0.29, 0.717) is 22.4 Å². The molecule has 0 saturated carbocycles. The first kappa shape index (κ1) is 92.0. The maximum Gasteiger partial charge on any atom is 0.472 e. The van der Waals surface area contributed by atoms with Gasteiger partial charge in [-0.15, -0.1) is 0 Å². The average molecular weight is 1990 g/mol. The summed E-state index contributed by atoms with van der Waals surface area (Å²) in [5.41, 5.74) is 34.5. The Balaban J connectivity index is 0.000000129. The Bertz CT molecular complexity index is 7030. The Hall–Kier alpha value is -10.1. The highest BCUT2D eigenvalue weighted by Gasteiger charge is 2.58. The highest BCUT2D eigenvalue weighted by molar-refractivity contribution is 7.48. The van der Waals surface area contributed by atoms with Gasteiger partial charge in [-0.3, -0.25) is 111 Å². The second kappa shape index (κ2) is 34.9. The van der Waals surface area contributed by atoms with Gasteiger partial charge in [-0.1, -0.05) is 0 Å². The van der Waals surface area contributed by atoms with Gasteiger partial charge in [0.1, 0.15) is 95.9 Å². The summed E-state index contributed by atoms with van der Waals surface area (Å²) in [6, 6.07) is 4.56. The van der Waals surface area contributed by atoms with E-state index in [1.165, 1.54) is 74.3 Å². The molecule has 70 heteroatoms. The lowest BCUT2D eigenvalue weighted by molar-refractivity contribution is -0.0674. The third-order valence-electron chi connectivity index (χ3n) is 22.0. The number of H-pyrrole nitrogens is 3. The molecule has 0 radical (unpaired) electrons. The molecule has 6 unspecified atom stereocenters. The number of aromatic amines is 3. The molecule has 9 aliphatic heterocycles. The van der Waals surface area contributed by atoms with Crippen LogP contribution in [0.4, 0.5) is 39.3 Å². The van der Waals surface area contributed by atoms with Gasteiger partial charge in [-0.05, 0) is 18.2 Å². The number of alkyl halides is 1. The SMILES string of the molecule is Nc1nc2c(ncn2[C@@H]2O[C@@H]3COP(=O)(O)O[C@@H]4C[C@@H](COP(=O)(O)O[C@@H]2[C@@H]3O)O[C@H]4n2cnc3c(N)ccnc32)c(=O)[nH]1.Nc1nc2c(ncn2[C@@H]2O[C@@H]3COP(=O)(O)O[C@@H]4[C@H](O)[C@@H](COP(=O)(O)O[C@@H]2C3)O[C@H]4n2cnc3c(N)ccnc32)c(=O)[nH]1.Nc1nc2c(ncn2[C@@H]2O[C@@H]3COP(=O)(O)O[C@@H]4[C@H](O)[C@@H](COP(=O)(O)O[C@@H]2[C@@H]3F)O[C@H]4n2cnc3c(N)ccnc32)c(=O)[nH]1. The van der Waals surface area contributed by atoms with E-state index in [0.717, 1.165) is 21.8 Å². The molecule has 21 heterocycles. The van der Waals surface area contributed by atoms with Crippen molar-refractivity contribution in [1.29, 1.82) is 0 Å². The maximum absolute atomic E-state index is 15.8. The minimum Gasteiger partial charge on any atom is -0.397 e. The van der Waals surface area contributed by atoms with Crippen molar-refractivity contribution < 1.29 is 159 Å². The normalized spacial score (nSPS) is 36.9. The number of fused-ring (bicyclic) bond motifs is 18. The number of halogens is 1. The van der Waals surface area contributed by atoms with Gasteiger partial charge < -0.3 is 108 Å². The molecule has 0 spiro atoms. The molecule has 0 amide bonds. The largest absolute Gasteiger partial charge is 0.472 e. The molecule has 12 aromatic rings. The third kappa shape index (κ3) is 18.0. The van der Waals surface area contributed by atoms with Crippen molar-refractivity contribution in [1.82, 2.24) is 102 Å². The number of aliphatic hydroxyl groups is 3. The lowest BCUT2D eigenvalue weighted by Crippen LogP contribution is -2.36. The molecular weight excluding hydrogens is 1920 g/mol. The molecule has 28 atom stereocenters. The number of hydrogen-bond donors (Lipinski definition) is 18. The standard InChI is InChI=1S/C21H24FN9O12P2.2C21H25N9O12P2/c22-10-8-3-38-45(36,37)43-15-13(32)9(41-20(15)30-5-26-11-7(23)1-2-25-16(11)30)4-39-44(34,35)42-14(10)19(40-8)31-6-27-12-17(31)28-21(24)29-18(12)33;22-9-1-2-24-16-12(9)25-6-29(16)20-15-14(31)11(40-20)5-38-43(33,34)41-10-3-8(4-37-44(35,36)42-15)39-19(10)30-7-26-13-17(30)27-21(23)28-18(13)32;22-9-1-2-24-16-12(9)25-6-29(16)19-10-3-8(39-19)4-37-44(35,36)42-15-14(31)11(5-38-43(33,34)41-10)40-20(15)30-7-26-13-17(30)27-21(23)28-18(13)32/h1-2,5-6,8-10,13-15,19-20,32H,3-4H2,(H2,23,25)(H,34,35)(H,36,37)(H3,24,28,29,33);2*1-2,6-8,10-11,14-15,19-20,31H,3-5H2,(H2,22,24)(H,33,34)(H,35,36)(H3,23,27,28,32)/t8-,9-,10-,13-,14-,15-,19-,20-;2*8-,10+,11+,14+,15+,19+,20+/m100/s1. The fraction of sp³-hybridized carbons (Fsp3) is 0.476. The Morgan fingerprint density at radius 3 is 0.910 bits per heavy atom. The van der Waals surface area contributed by atoms with Gasteiger partial charge in [0.15, 0.2) is 94.0 Å². The summed E-state index contributed by atoms with van der Waals surface area (Å²) in [6.07, 6.45) is -21.5. The number of aliphatic hydroxyl groups excluding tert-OH is 3. The van der Waals surface area contributed by atoms with Crippen molar-refractivity contribution in [2.75, 3.05) is 74.0 Å². The first-order chi connectivity index (χ1) is 63.1. The first-order valence-electron chi connectivity index (χ1n) is 39.0. The van der Waals surface area contributed by atoms with Crippen LogP contribution in [0.15, 0.2) is 89.1 Å². The van der Waals surface area contributed by atoms with Crippen molar-refractivity contribution in [3.8, 4) is 0 Å². The molecule has 63 nitrogen and oxygen atoms in total. The first-order valence-corrected chi connectivity index (χ1v) is 48.0. The smallest absolute Gasteiger partial charge is 0.397 e. The van der Waals surface area contributed by atoms with Crippen molar-refractivity contribution in [3.63, 3.8) is 0 Å². The molecule has 0 aromatic carbocycles. The second-order valence-corrected chi connectivity index (χ2v) is 39.0. The van der Waals surface area contributed by atoms with Crippen LogP contribution in [0.3, 0.4) is 0 Å². The van der Waals surface area contributed by atoms with E-state index in [1.807, 2.05) is 0 Å². The molecule has 9 aliphatic rings. The van der Waals surface area contributed by atoms with Crippen molar-refractivity contribution in [3.05, 3.63) is 106 Å². The third-order valence-corrected chi connectivity index (χ3v) is 27.9. The fourth-order valence-corrected chi connectivity index (χ4v) is 21.7. The lowest BCUT2D eigenvalue weighted by Gasteiger charge is -2.25. The molecule has 9 fully saturated rings. The number of ether oxygens (including phenoxy) is 6. The quantitative estimate of drug-likeness (QED) is 0.0788. The van der Waals surface area contributed by atoms with Crippen LogP contribution in [-0.4, -0.2) is 284 Å². The number of anilines is 6. The number of aromatic nitrogens is 21. The number of nitrogen functional groups attached to an aromatic ring is 6. The summed E-state index contributed by atoms with van der Waals surface area (Å²) >= 11 is 0. The van der Waals surface area contributed by atoms with Crippen molar-refractivity contribution in [2.45, 2.75) is 148 Å². The number of phosphoric acid groups is 6. The van der Waals surface area contributed by atoms with E-state index in [4.69, 9.17) is 117 Å². The Kier molecular flexibility index (Phi) is 24.2. The zero-order chi connectivity index (χ0) is 93.8. The summed E-state index contributed by atoms with van der Waals surface area (Å²) in [5.74, 6) is -0.795. The number of nitrogens with one attached hydrogen (secondary N) is 3. The zero-order valence-electron chi connectivity index (χ0n) is 66.9. The Morgan fingerprint density at radius 1 is 0.323 bits per heavy atom. The number of imidazole rings is 6. The summed E-state index contributed by atoms with van der Waals surface area (Å²) < 4.78 is 200. The predicted molar refractivity (Wildman–Crippen MR) is 433 cm³/mol. The maximum atomic E-state index is 15.8. The number of rotatable bonds is 6. The topological polar surface area (TPSA) is 890 Å². The van der Waals surface area contributed by atoms with E-state index < -0.39 is 238 Å². The highest BCUT2D eigenvalue weighted by Crippen LogP contribution is 2.59. The van der Waals surface area contributed by atoms with E-state index in [1.54, 1.807) is 6.07 Å². The number of nitrogens with two attached hydrogens (primary N) is 6. The lowest BCUT2D eigenvalue weighted by atomic mass is 10.1. The number of pyridine rings is 3. The fourth-order valence-electron chi connectivity index (χ4n) is 16.0. The minimum atomic E-state index is -5.17. The van der Waals surface area contributed by atoms with Gasteiger partial charge in [0.2, 0.25) is 17.8 Å². The summed E-state index contributed by atoms with van der Waals surface area (Å²) in [6.45, 7) is -4.35. The number of nitrogens with zero attached hydrogens (tertiary/aromatic N) is 18. The molecule has 133 heavy (non-hydrogen) atoms. The van der Waals surface area contributed by atoms with E-state index in [2.05, 4.69) is 74.8 Å². The second-order valence-electron chi connectivity index (χ2n) is 30.6. The van der Waals surface area contributed by atoms with Crippen LogP contribution in [0, 0.1) is 0 Å². The Morgan fingerprint density at radius 2 is 0.579 bits per heavy atom. The molecule has 714 valence electrons. The molecule has 0 aliphatic carbocycles. The van der Waals surface area contributed by atoms with Crippen LogP contribution in [0.25, 0.3) is 67.0 Å². The zero-order valence-corrected chi connectivity index (χ0v) is 72.3. The van der Waals surface area contributed by atoms with E-state index in [9.17, 15) is 86.5 Å². The van der Waals surface area contributed by atoms with Crippen molar-refractivity contribution in [2.24, 2.45) is 0 Å². The average Bonchev–Trinajstić information content (AvgIpc) is 1.65. The van der Waals surface area contributed by atoms with Gasteiger partial charge in [-0.25, -0.2) is 76.6 Å². The number of hydrogen-bond acceptors (Lipinski definition) is 48. The summed E-state index contributed by atoms with van der Waals surface area (Å²) in [7, 11) is -29.9. The highest BCUT2D eigenvalue weighted by atomic mass is 31.2. The van der Waals surface area contributed by atoms with Gasteiger partial charge in [0, 0.05) is 31.4 Å². The molecule has 24 N–H and O–H groups in total. The number of phosphoric ester groups is 6. The summed E-state index contributed by atoms with van der Waals surface area (Å²) in [4.78, 5) is 157. The van der Waals surface area contributed by atoms with Gasteiger partial charge >= 0.3 is 46.9 Å². The van der Waals surface area contributed by atoms with Gasteiger partial charge in [-0.2, -0.15) is 15.0 Å². The Labute approximate surface area is 735 Å².